The topological polar surface area (TPSA) is 33.6 Å². The number of rotatable bonds is 1. The van der Waals surface area contributed by atoms with Crippen molar-refractivity contribution in [1.82, 2.24) is 5.32 Å². The van der Waals surface area contributed by atoms with Crippen molar-refractivity contribution >= 4 is 5.71 Å². The van der Waals surface area contributed by atoms with E-state index in [-0.39, 0.29) is 12.1 Å². The van der Waals surface area contributed by atoms with Gasteiger partial charge >= 0.3 is 0 Å². The number of hydrogen-bond donors (Lipinski definition) is 1. The molecule has 2 aliphatic rings. The summed E-state index contributed by atoms with van der Waals surface area (Å²) in [5.41, 5.74) is -0.565. The molecule has 2 aliphatic heterocycles. The summed E-state index contributed by atoms with van der Waals surface area (Å²) in [4.78, 5) is 5.02. The Morgan fingerprint density at radius 2 is 2.42 bits per heavy atom. The quantitative estimate of drug-likeness (QED) is 0.640. The lowest BCUT2D eigenvalue weighted by molar-refractivity contribution is -0.00191. The number of halogens is 2. The highest BCUT2D eigenvalue weighted by Gasteiger charge is 2.43. The van der Waals surface area contributed by atoms with E-state index in [2.05, 4.69) is 10.5 Å². The van der Waals surface area contributed by atoms with Gasteiger partial charge in [-0.1, -0.05) is 5.16 Å². The van der Waals surface area contributed by atoms with E-state index in [1.807, 2.05) is 0 Å². The standard InChI is InChI=1S/C7H10F2N2O/c8-6(9)5-3-7(12-11-5)1-2-10-4-7/h6,10H,1-4H2. The van der Waals surface area contributed by atoms with E-state index < -0.39 is 12.0 Å². The summed E-state index contributed by atoms with van der Waals surface area (Å²) in [6.45, 7) is 1.46. The number of nitrogens with one attached hydrogen (secondary N) is 1. The fourth-order valence-electron chi connectivity index (χ4n) is 1.62. The van der Waals surface area contributed by atoms with Gasteiger partial charge in [0.25, 0.3) is 6.43 Å². The van der Waals surface area contributed by atoms with Crippen molar-refractivity contribution in [3.05, 3.63) is 0 Å². The van der Waals surface area contributed by atoms with Gasteiger partial charge in [-0.2, -0.15) is 0 Å². The third-order valence-corrected chi connectivity index (χ3v) is 2.32. The molecule has 1 fully saturated rings. The molecule has 1 atom stereocenters. The molecular weight excluding hydrogens is 166 g/mol. The van der Waals surface area contributed by atoms with Gasteiger partial charge in [-0.15, -0.1) is 0 Å². The molecule has 5 heteroatoms. The molecule has 0 amide bonds. The van der Waals surface area contributed by atoms with Gasteiger partial charge in [0.1, 0.15) is 5.71 Å². The molecule has 12 heavy (non-hydrogen) atoms. The van der Waals surface area contributed by atoms with Crippen LogP contribution in [0.25, 0.3) is 0 Å². The average molecular weight is 176 g/mol. The third kappa shape index (κ3) is 1.18. The van der Waals surface area contributed by atoms with Crippen LogP contribution >= 0.6 is 0 Å². The van der Waals surface area contributed by atoms with E-state index in [1.165, 1.54) is 0 Å². The number of oxime groups is 1. The molecule has 0 aromatic carbocycles. The second kappa shape index (κ2) is 2.65. The summed E-state index contributed by atoms with van der Waals surface area (Å²) >= 11 is 0. The average Bonchev–Trinajstić information content (AvgIpc) is 2.62. The Morgan fingerprint density at radius 1 is 1.58 bits per heavy atom. The molecule has 1 unspecified atom stereocenters. The summed E-state index contributed by atoms with van der Waals surface area (Å²) in [6, 6.07) is 0. The van der Waals surface area contributed by atoms with Crippen LogP contribution in [0.5, 0.6) is 0 Å². The highest BCUT2D eigenvalue weighted by molar-refractivity contribution is 5.89. The van der Waals surface area contributed by atoms with Crippen LogP contribution in [0.4, 0.5) is 8.78 Å². The van der Waals surface area contributed by atoms with Crippen LogP contribution in [0.15, 0.2) is 5.16 Å². The van der Waals surface area contributed by atoms with E-state index >= 15 is 0 Å². The first-order valence-electron chi connectivity index (χ1n) is 3.96. The maximum Gasteiger partial charge on any atom is 0.279 e. The van der Waals surface area contributed by atoms with Crippen LogP contribution in [-0.4, -0.2) is 30.8 Å². The zero-order chi connectivity index (χ0) is 8.60. The third-order valence-electron chi connectivity index (χ3n) is 2.32. The molecule has 0 aromatic heterocycles. The molecule has 2 heterocycles. The molecule has 68 valence electrons. The number of alkyl halides is 2. The predicted molar refractivity (Wildman–Crippen MR) is 39.4 cm³/mol. The van der Waals surface area contributed by atoms with Crippen LogP contribution in [0.1, 0.15) is 12.8 Å². The first-order chi connectivity index (χ1) is 5.72. The number of nitrogens with zero attached hydrogens (tertiary/aromatic N) is 1. The van der Waals surface area contributed by atoms with Gasteiger partial charge in [-0.05, 0) is 6.54 Å². The van der Waals surface area contributed by atoms with Gasteiger partial charge in [0.15, 0.2) is 5.60 Å². The molecule has 2 rings (SSSR count). The van der Waals surface area contributed by atoms with Crippen molar-refractivity contribution < 1.29 is 13.6 Å². The van der Waals surface area contributed by atoms with Gasteiger partial charge in [-0.3, -0.25) is 0 Å². The first-order valence-corrected chi connectivity index (χ1v) is 3.96. The van der Waals surface area contributed by atoms with Crippen molar-refractivity contribution in [2.45, 2.75) is 24.9 Å². The largest absolute Gasteiger partial charge is 0.387 e. The minimum absolute atomic E-state index is 0.112. The smallest absolute Gasteiger partial charge is 0.279 e. The fraction of sp³-hybridized carbons (Fsp3) is 0.857. The van der Waals surface area contributed by atoms with E-state index in [4.69, 9.17) is 4.84 Å². The van der Waals surface area contributed by atoms with Crippen molar-refractivity contribution in [2.75, 3.05) is 13.1 Å². The predicted octanol–water partition coefficient (Wildman–Crippen LogP) is 0.760. The monoisotopic (exact) mass is 176 g/mol. The maximum absolute atomic E-state index is 12.1. The van der Waals surface area contributed by atoms with E-state index in [0.717, 1.165) is 13.0 Å². The number of hydrogen-bond acceptors (Lipinski definition) is 3. The van der Waals surface area contributed by atoms with Crippen molar-refractivity contribution in [1.29, 1.82) is 0 Å². The molecule has 1 N–H and O–H groups in total. The first kappa shape index (κ1) is 7.91. The Labute approximate surface area is 68.8 Å². The molecule has 0 bridgehead atoms. The van der Waals surface area contributed by atoms with Crippen LogP contribution < -0.4 is 5.32 Å². The minimum Gasteiger partial charge on any atom is -0.387 e. The molecular formula is C7H10F2N2O. The van der Waals surface area contributed by atoms with Crippen LogP contribution in [0, 0.1) is 0 Å². The summed E-state index contributed by atoms with van der Waals surface area (Å²) < 4.78 is 24.3. The normalized spacial score (nSPS) is 34.4. The zero-order valence-corrected chi connectivity index (χ0v) is 6.52. The molecule has 1 saturated heterocycles. The zero-order valence-electron chi connectivity index (χ0n) is 6.52. The molecule has 0 saturated carbocycles. The summed E-state index contributed by atoms with van der Waals surface area (Å²) in [7, 11) is 0. The van der Waals surface area contributed by atoms with Gasteiger partial charge in [-0.25, -0.2) is 8.78 Å². The van der Waals surface area contributed by atoms with Crippen LogP contribution in [-0.2, 0) is 4.84 Å². The SMILES string of the molecule is FC(F)C1=NOC2(CCNC2)C1. The van der Waals surface area contributed by atoms with Crippen molar-refractivity contribution in [2.24, 2.45) is 5.16 Å². The van der Waals surface area contributed by atoms with Gasteiger partial charge < -0.3 is 10.2 Å². The van der Waals surface area contributed by atoms with Crippen LogP contribution in [0.3, 0.4) is 0 Å². The van der Waals surface area contributed by atoms with Crippen LogP contribution in [0.2, 0.25) is 0 Å². The summed E-state index contributed by atoms with van der Waals surface area (Å²) in [5, 5.41) is 6.47. The van der Waals surface area contributed by atoms with Gasteiger partial charge in [0.05, 0.1) is 0 Å². The molecule has 0 radical (unpaired) electrons. The highest BCUT2D eigenvalue weighted by Crippen LogP contribution is 2.31. The Hall–Kier alpha value is -0.710. The maximum atomic E-state index is 12.1. The Kier molecular flexibility index (Phi) is 1.75. The lowest BCUT2D eigenvalue weighted by Gasteiger charge is -2.18. The second-order valence-electron chi connectivity index (χ2n) is 3.26. The summed E-state index contributed by atoms with van der Waals surface area (Å²) in [5.74, 6) is 0. The Bertz CT molecular complexity index is 211. The Morgan fingerprint density at radius 3 is 2.92 bits per heavy atom. The lowest BCUT2D eigenvalue weighted by atomic mass is 9.97. The molecule has 3 nitrogen and oxygen atoms in total. The molecule has 0 aliphatic carbocycles. The highest BCUT2D eigenvalue weighted by atomic mass is 19.3. The fourth-order valence-corrected chi connectivity index (χ4v) is 1.62. The Balaban J connectivity index is 2.02. The lowest BCUT2D eigenvalue weighted by Crippen LogP contribution is -2.32. The molecule has 0 aromatic rings. The van der Waals surface area contributed by atoms with Gasteiger partial charge in [0, 0.05) is 19.4 Å². The summed E-state index contributed by atoms with van der Waals surface area (Å²) in [6.07, 6.45) is -1.42. The second-order valence-corrected chi connectivity index (χ2v) is 3.26. The minimum atomic E-state index is -2.47. The molecule has 1 spiro atoms. The van der Waals surface area contributed by atoms with Gasteiger partial charge in [0.2, 0.25) is 0 Å². The van der Waals surface area contributed by atoms with E-state index in [0.29, 0.717) is 6.54 Å². The van der Waals surface area contributed by atoms with Crippen molar-refractivity contribution in [3.8, 4) is 0 Å². The van der Waals surface area contributed by atoms with E-state index in [1.54, 1.807) is 0 Å². The van der Waals surface area contributed by atoms with E-state index in [9.17, 15) is 8.78 Å². The van der Waals surface area contributed by atoms with Crippen molar-refractivity contribution in [3.63, 3.8) is 0 Å².